The van der Waals surface area contributed by atoms with E-state index in [1.165, 1.54) is 35.4 Å². The Hall–Kier alpha value is -3.76. The number of fused-ring (bicyclic) bond motifs is 1. The molecule has 3 N–H and O–H groups in total. The maximum absolute atomic E-state index is 12.4. The molecule has 2 heterocycles. The normalized spacial score (nSPS) is 13.8. The van der Waals surface area contributed by atoms with Crippen molar-refractivity contribution in [1.29, 1.82) is 0 Å². The van der Waals surface area contributed by atoms with Crippen LogP contribution in [0.25, 0.3) is 11.3 Å². The van der Waals surface area contributed by atoms with Crippen molar-refractivity contribution < 1.29 is 22.4 Å². The summed E-state index contributed by atoms with van der Waals surface area (Å²) < 4.78 is 28.3. The first-order valence-corrected chi connectivity index (χ1v) is 10.8. The zero-order chi connectivity index (χ0) is 22.2. The SMILES string of the molecule is CCN1C(=O)c2ccc(-c3ccc(/C=N/Nc4ccc(S(N)(=O)=O)cc4)o3)cc2C1=O. The molecule has 0 saturated heterocycles. The van der Waals surface area contributed by atoms with Crippen molar-refractivity contribution >= 4 is 33.7 Å². The van der Waals surface area contributed by atoms with Crippen LogP contribution in [0, 0.1) is 0 Å². The van der Waals surface area contributed by atoms with Crippen molar-refractivity contribution in [3.63, 3.8) is 0 Å². The van der Waals surface area contributed by atoms with E-state index in [4.69, 9.17) is 9.56 Å². The molecule has 31 heavy (non-hydrogen) atoms. The van der Waals surface area contributed by atoms with Crippen LogP contribution in [0.3, 0.4) is 0 Å². The van der Waals surface area contributed by atoms with Gasteiger partial charge in [-0.25, -0.2) is 13.6 Å². The van der Waals surface area contributed by atoms with Gasteiger partial charge in [0.2, 0.25) is 10.0 Å². The van der Waals surface area contributed by atoms with E-state index in [0.717, 1.165) is 0 Å². The van der Waals surface area contributed by atoms with Gasteiger partial charge in [-0.2, -0.15) is 5.10 Å². The Morgan fingerprint density at radius 1 is 1.03 bits per heavy atom. The summed E-state index contributed by atoms with van der Waals surface area (Å²) in [4.78, 5) is 25.8. The Morgan fingerprint density at radius 3 is 2.42 bits per heavy atom. The highest BCUT2D eigenvalue weighted by Gasteiger charge is 2.34. The van der Waals surface area contributed by atoms with E-state index < -0.39 is 10.0 Å². The second-order valence-corrected chi connectivity index (χ2v) is 8.32. The summed E-state index contributed by atoms with van der Waals surface area (Å²) in [6.07, 6.45) is 1.46. The lowest BCUT2D eigenvalue weighted by Gasteiger charge is -2.08. The van der Waals surface area contributed by atoms with Crippen LogP contribution in [0.1, 0.15) is 33.4 Å². The topological polar surface area (TPSA) is 135 Å². The van der Waals surface area contributed by atoms with Gasteiger partial charge < -0.3 is 4.42 Å². The Labute approximate surface area is 178 Å². The molecule has 3 aromatic rings. The second kappa shape index (κ2) is 7.82. The average molecular weight is 438 g/mol. The van der Waals surface area contributed by atoms with Crippen molar-refractivity contribution in [2.45, 2.75) is 11.8 Å². The van der Waals surface area contributed by atoms with Crippen LogP contribution in [-0.4, -0.2) is 37.9 Å². The van der Waals surface area contributed by atoms with Crippen LogP contribution in [-0.2, 0) is 10.0 Å². The first-order valence-electron chi connectivity index (χ1n) is 9.30. The Balaban J connectivity index is 1.47. The Morgan fingerprint density at radius 2 is 1.74 bits per heavy atom. The van der Waals surface area contributed by atoms with E-state index >= 15 is 0 Å². The Kier molecular flexibility index (Phi) is 5.17. The summed E-state index contributed by atoms with van der Waals surface area (Å²) in [7, 11) is -3.75. The summed E-state index contributed by atoms with van der Waals surface area (Å²) in [5.74, 6) is 0.388. The molecule has 1 aliphatic rings. The lowest BCUT2D eigenvalue weighted by atomic mass is 10.0. The maximum atomic E-state index is 12.4. The third-order valence-electron chi connectivity index (χ3n) is 4.77. The summed E-state index contributed by atoms with van der Waals surface area (Å²) in [6.45, 7) is 2.07. The van der Waals surface area contributed by atoms with Gasteiger partial charge in [0.25, 0.3) is 11.8 Å². The molecule has 1 aliphatic heterocycles. The first kappa shape index (κ1) is 20.5. The first-order chi connectivity index (χ1) is 14.8. The highest BCUT2D eigenvalue weighted by molar-refractivity contribution is 7.89. The van der Waals surface area contributed by atoms with Crippen molar-refractivity contribution in [3.8, 4) is 11.3 Å². The summed E-state index contributed by atoms with van der Waals surface area (Å²) in [5, 5.41) is 9.12. The van der Waals surface area contributed by atoms with Gasteiger partial charge in [0.05, 0.1) is 27.9 Å². The number of furan rings is 1. The zero-order valence-corrected chi connectivity index (χ0v) is 17.2. The van der Waals surface area contributed by atoms with E-state index in [1.54, 1.807) is 37.3 Å². The molecule has 158 valence electrons. The molecule has 0 saturated carbocycles. The minimum Gasteiger partial charge on any atom is -0.455 e. The second-order valence-electron chi connectivity index (χ2n) is 6.76. The maximum Gasteiger partial charge on any atom is 0.261 e. The number of sulfonamides is 1. The fourth-order valence-corrected chi connectivity index (χ4v) is 3.71. The van der Waals surface area contributed by atoms with Crippen LogP contribution in [0.15, 0.2) is 69.0 Å². The molecular weight excluding hydrogens is 420 g/mol. The fraction of sp³-hybridized carbons (Fsp3) is 0.0952. The predicted octanol–water partition coefficient (Wildman–Crippen LogP) is 2.66. The minimum atomic E-state index is -3.75. The van der Waals surface area contributed by atoms with Crippen molar-refractivity contribution in [1.82, 2.24) is 4.90 Å². The van der Waals surface area contributed by atoms with Crippen molar-refractivity contribution in [3.05, 3.63) is 71.5 Å². The molecule has 0 atom stereocenters. The lowest BCUT2D eigenvalue weighted by molar-refractivity contribution is 0.0663. The highest BCUT2D eigenvalue weighted by Crippen LogP contribution is 2.29. The largest absolute Gasteiger partial charge is 0.455 e. The molecule has 0 unspecified atom stereocenters. The highest BCUT2D eigenvalue weighted by atomic mass is 32.2. The number of imide groups is 1. The standard InChI is InChI=1S/C21H18N4O5S/c1-2-25-20(26)17-9-3-13(11-18(17)21(25)27)19-10-6-15(30-19)12-23-24-14-4-7-16(8-5-14)31(22,28)29/h3-12,24H,2H2,1H3,(H2,22,28,29)/b23-12+. The molecule has 0 aliphatic carbocycles. The number of amides is 2. The van der Waals surface area contributed by atoms with E-state index in [-0.39, 0.29) is 16.7 Å². The number of primary sulfonamides is 1. The molecule has 9 nitrogen and oxygen atoms in total. The molecular formula is C21H18N4O5S. The number of hydrazone groups is 1. The van der Waals surface area contributed by atoms with Crippen LogP contribution < -0.4 is 10.6 Å². The van der Waals surface area contributed by atoms with Crippen LogP contribution >= 0.6 is 0 Å². The van der Waals surface area contributed by atoms with Crippen molar-refractivity contribution in [2.75, 3.05) is 12.0 Å². The number of nitrogens with two attached hydrogens (primary N) is 1. The van der Waals surface area contributed by atoms with Crippen LogP contribution in [0.5, 0.6) is 0 Å². The third-order valence-corrected chi connectivity index (χ3v) is 5.70. The zero-order valence-electron chi connectivity index (χ0n) is 16.4. The molecule has 10 heteroatoms. The molecule has 4 rings (SSSR count). The summed E-state index contributed by atoms with van der Waals surface area (Å²) in [5.41, 5.74) is 4.75. The van der Waals surface area contributed by atoms with Gasteiger partial charge in [-0.3, -0.25) is 19.9 Å². The van der Waals surface area contributed by atoms with E-state index in [2.05, 4.69) is 10.5 Å². The fourth-order valence-electron chi connectivity index (χ4n) is 3.20. The number of hydrogen-bond donors (Lipinski definition) is 2. The van der Waals surface area contributed by atoms with E-state index in [9.17, 15) is 18.0 Å². The van der Waals surface area contributed by atoms with Gasteiger partial charge in [-0.1, -0.05) is 6.07 Å². The molecule has 2 amide bonds. The van der Waals surface area contributed by atoms with Gasteiger partial charge in [-0.05, 0) is 55.5 Å². The predicted molar refractivity (Wildman–Crippen MR) is 114 cm³/mol. The van der Waals surface area contributed by atoms with Gasteiger partial charge >= 0.3 is 0 Å². The number of carbonyl (C=O) groups excluding carboxylic acids is 2. The molecule has 1 aromatic heterocycles. The lowest BCUT2D eigenvalue weighted by Crippen LogP contribution is -2.29. The average Bonchev–Trinajstić information content (AvgIpc) is 3.31. The number of anilines is 1. The summed E-state index contributed by atoms with van der Waals surface area (Å²) >= 11 is 0. The van der Waals surface area contributed by atoms with Crippen LogP contribution in [0.4, 0.5) is 5.69 Å². The smallest absolute Gasteiger partial charge is 0.261 e. The van der Waals surface area contributed by atoms with Gasteiger partial charge in [0, 0.05) is 12.1 Å². The molecule has 0 fully saturated rings. The summed E-state index contributed by atoms with van der Waals surface area (Å²) in [6, 6.07) is 14.3. The molecule has 0 spiro atoms. The minimum absolute atomic E-state index is 0.00860. The number of benzene rings is 2. The molecule has 0 radical (unpaired) electrons. The number of carbonyl (C=O) groups is 2. The van der Waals surface area contributed by atoms with Crippen LogP contribution in [0.2, 0.25) is 0 Å². The quantitative estimate of drug-likeness (QED) is 0.345. The van der Waals surface area contributed by atoms with Crippen molar-refractivity contribution in [2.24, 2.45) is 10.2 Å². The number of nitrogens with one attached hydrogen (secondary N) is 1. The Bertz CT molecular complexity index is 1310. The monoisotopic (exact) mass is 438 g/mol. The third kappa shape index (κ3) is 3.98. The van der Waals surface area contributed by atoms with Gasteiger partial charge in [0.15, 0.2) is 0 Å². The van der Waals surface area contributed by atoms with E-state index in [1.807, 2.05) is 0 Å². The number of nitrogens with zero attached hydrogens (tertiary/aromatic N) is 2. The number of hydrogen-bond acceptors (Lipinski definition) is 7. The number of rotatable bonds is 6. The van der Waals surface area contributed by atoms with Gasteiger partial charge in [0.1, 0.15) is 11.5 Å². The van der Waals surface area contributed by atoms with E-state index in [0.29, 0.717) is 40.4 Å². The molecule has 2 aromatic carbocycles. The molecule has 0 bridgehead atoms. The van der Waals surface area contributed by atoms with Gasteiger partial charge in [-0.15, -0.1) is 0 Å².